The standard InChI is InChI=1S/C34H46N4O4/c1-37(2)21-19-25-23-35-27-13-11-15-29(33(25)27)41-31(39)17-9-7-5-6-8-10-18-32(40)42-30-16-12-14-28-34(30)26(24-36-28)20-22-38(3)4/h11-16,23-24,35-36H,5-10,17-22H2,1-4H3. The van der Waals surface area contributed by atoms with Crippen LogP contribution in [-0.2, 0) is 22.4 Å². The molecule has 2 heterocycles. The van der Waals surface area contributed by atoms with Crippen LogP contribution < -0.4 is 9.47 Å². The molecular formula is C34H46N4O4. The van der Waals surface area contributed by atoms with Gasteiger partial charge in [-0.2, -0.15) is 0 Å². The van der Waals surface area contributed by atoms with Crippen molar-refractivity contribution in [3.05, 3.63) is 59.9 Å². The van der Waals surface area contributed by atoms with E-state index in [9.17, 15) is 9.59 Å². The molecule has 0 radical (unpaired) electrons. The number of aromatic amines is 2. The van der Waals surface area contributed by atoms with Crippen LogP contribution in [0.25, 0.3) is 21.8 Å². The van der Waals surface area contributed by atoms with Gasteiger partial charge in [-0.15, -0.1) is 0 Å². The number of benzene rings is 2. The normalized spacial score (nSPS) is 11.7. The van der Waals surface area contributed by atoms with Crippen molar-refractivity contribution in [1.29, 1.82) is 0 Å². The van der Waals surface area contributed by atoms with Gasteiger partial charge < -0.3 is 29.2 Å². The maximum absolute atomic E-state index is 12.6. The minimum atomic E-state index is -0.188. The van der Waals surface area contributed by atoms with Crippen molar-refractivity contribution >= 4 is 33.7 Å². The Morgan fingerprint density at radius 1 is 0.619 bits per heavy atom. The summed E-state index contributed by atoms with van der Waals surface area (Å²) in [7, 11) is 8.22. The Morgan fingerprint density at radius 2 is 1.02 bits per heavy atom. The summed E-state index contributed by atoms with van der Waals surface area (Å²) in [5, 5.41) is 2.00. The van der Waals surface area contributed by atoms with Gasteiger partial charge in [-0.1, -0.05) is 37.8 Å². The number of H-pyrrole nitrogens is 2. The highest BCUT2D eigenvalue weighted by Gasteiger charge is 2.15. The number of esters is 2. The minimum Gasteiger partial charge on any atom is -0.426 e. The molecule has 0 spiro atoms. The number of fused-ring (bicyclic) bond motifs is 2. The predicted molar refractivity (Wildman–Crippen MR) is 169 cm³/mol. The lowest BCUT2D eigenvalue weighted by atomic mass is 10.1. The first-order chi connectivity index (χ1) is 20.3. The highest BCUT2D eigenvalue weighted by atomic mass is 16.5. The van der Waals surface area contributed by atoms with Crippen LogP contribution in [0, 0.1) is 0 Å². The maximum atomic E-state index is 12.6. The number of rotatable bonds is 17. The number of likely N-dealkylation sites (N-methyl/N-ethyl adjacent to an activating group) is 2. The van der Waals surface area contributed by atoms with Gasteiger partial charge >= 0.3 is 11.9 Å². The number of nitrogens with one attached hydrogen (secondary N) is 2. The zero-order chi connectivity index (χ0) is 29.9. The van der Waals surface area contributed by atoms with E-state index in [-0.39, 0.29) is 11.9 Å². The number of carbonyl (C=O) groups is 2. The van der Waals surface area contributed by atoms with Gasteiger partial charge in [0.15, 0.2) is 0 Å². The summed E-state index contributed by atoms with van der Waals surface area (Å²) >= 11 is 0. The van der Waals surface area contributed by atoms with Crippen LogP contribution >= 0.6 is 0 Å². The molecule has 4 rings (SSSR count). The molecular weight excluding hydrogens is 528 g/mol. The molecule has 8 heteroatoms. The highest BCUT2D eigenvalue weighted by Crippen LogP contribution is 2.31. The number of aromatic nitrogens is 2. The molecule has 2 aromatic heterocycles. The zero-order valence-corrected chi connectivity index (χ0v) is 25.6. The second kappa shape index (κ2) is 15.6. The molecule has 0 atom stereocenters. The first-order valence-corrected chi connectivity index (χ1v) is 15.2. The predicted octanol–water partition coefficient (Wildman–Crippen LogP) is 6.49. The summed E-state index contributed by atoms with van der Waals surface area (Å²) in [6.07, 6.45) is 12.2. The summed E-state index contributed by atoms with van der Waals surface area (Å²) < 4.78 is 11.6. The molecule has 0 aliphatic rings. The average molecular weight is 575 g/mol. The van der Waals surface area contributed by atoms with E-state index in [1.807, 2.05) is 48.8 Å². The van der Waals surface area contributed by atoms with Crippen molar-refractivity contribution in [2.75, 3.05) is 41.3 Å². The zero-order valence-electron chi connectivity index (χ0n) is 25.6. The summed E-state index contributed by atoms with van der Waals surface area (Å²) in [6.45, 7) is 1.86. The summed E-state index contributed by atoms with van der Waals surface area (Å²) in [5.41, 5.74) is 4.31. The number of unbranched alkanes of at least 4 members (excludes halogenated alkanes) is 5. The topological polar surface area (TPSA) is 90.7 Å². The van der Waals surface area contributed by atoms with Crippen molar-refractivity contribution in [3.63, 3.8) is 0 Å². The van der Waals surface area contributed by atoms with Crippen LogP contribution in [0.2, 0.25) is 0 Å². The lowest BCUT2D eigenvalue weighted by Gasteiger charge is -2.10. The third kappa shape index (κ3) is 8.94. The molecule has 0 fully saturated rings. The smallest absolute Gasteiger partial charge is 0.311 e. The van der Waals surface area contributed by atoms with Crippen LogP contribution in [0.4, 0.5) is 0 Å². The first kappa shape index (κ1) is 31.3. The lowest BCUT2D eigenvalue weighted by molar-refractivity contribution is -0.135. The molecule has 226 valence electrons. The quantitative estimate of drug-likeness (QED) is 0.0851. The van der Waals surface area contributed by atoms with Crippen LogP contribution in [0.1, 0.15) is 62.5 Å². The molecule has 0 bridgehead atoms. The average Bonchev–Trinajstić information content (AvgIpc) is 3.57. The number of hydrogen-bond donors (Lipinski definition) is 2. The van der Waals surface area contributed by atoms with Crippen LogP contribution in [0.5, 0.6) is 11.5 Å². The van der Waals surface area contributed by atoms with Crippen LogP contribution in [0.3, 0.4) is 0 Å². The van der Waals surface area contributed by atoms with Crippen molar-refractivity contribution in [2.24, 2.45) is 0 Å². The van der Waals surface area contributed by atoms with Gasteiger partial charge in [0.2, 0.25) is 0 Å². The van der Waals surface area contributed by atoms with E-state index in [1.54, 1.807) is 0 Å². The van der Waals surface area contributed by atoms with Crippen LogP contribution in [-0.4, -0.2) is 73.0 Å². The Balaban J connectivity index is 1.13. The third-order valence-electron chi connectivity index (χ3n) is 7.61. The molecule has 42 heavy (non-hydrogen) atoms. The van der Waals surface area contributed by atoms with E-state index < -0.39 is 0 Å². The lowest BCUT2D eigenvalue weighted by Crippen LogP contribution is -2.15. The molecule has 2 N–H and O–H groups in total. The van der Waals surface area contributed by atoms with Crippen molar-refractivity contribution in [1.82, 2.24) is 19.8 Å². The molecule has 0 aliphatic heterocycles. The first-order valence-electron chi connectivity index (χ1n) is 15.2. The second-order valence-electron chi connectivity index (χ2n) is 11.7. The summed E-state index contributed by atoms with van der Waals surface area (Å²) in [4.78, 5) is 36.0. The van der Waals surface area contributed by atoms with Crippen molar-refractivity contribution in [3.8, 4) is 11.5 Å². The Hall–Kier alpha value is -3.62. The van der Waals surface area contributed by atoms with Gasteiger partial charge in [-0.25, -0.2) is 0 Å². The SMILES string of the molecule is CN(C)CCc1c[nH]c2cccc(OC(=O)CCCCCCCCC(=O)Oc3cccc4[nH]cc(CCN(C)C)c34)c12. The van der Waals surface area contributed by atoms with Gasteiger partial charge in [0, 0.05) is 60.1 Å². The summed E-state index contributed by atoms with van der Waals surface area (Å²) in [5.74, 6) is 0.897. The number of ether oxygens (including phenoxy) is 2. The number of hydrogen-bond acceptors (Lipinski definition) is 6. The van der Waals surface area contributed by atoms with Gasteiger partial charge in [-0.3, -0.25) is 9.59 Å². The van der Waals surface area contributed by atoms with Gasteiger partial charge in [0.25, 0.3) is 0 Å². The molecule has 2 aromatic carbocycles. The Morgan fingerprint density at radius 3 is 1.43 bits per heavy atom. The molecule has 0 amide bonds. The van der Waals surface area contributed by atoms with Gasteiger partial charge in [0.1, 0.15) is 11.5 Å². The van der Waals surface area contributed by atoms with Crippen LogP contribution in [0.15, 0.2) is 48.8 Å². The summed E-state index contributed by atoms with van der Waals surface area (Å²) in [6, 6.07) is 11.6. The fourth-order valence-corrected chi connectivity index (χ4v) is 5.29. The maximum Gasteiger partial charge on any atom is 0.311 e. The molecule has 4 aromatic rings. The van der Waals surface area contributed by atoms with Crippen molar-refractivity contribution in [2.45, 2.75) is 64.2 Å². The largest absolute Gasteiger partial charge is 0.426 e. The van der Waals surface area contributed by atoms with E-state index in [0.29, 0.717) is 24.3 Å². The van der Waals surface area contributed by atoms with E-state index in [4.69, 9.17) is 9.47 Å². The molecule has 0 saturated heterocycles. The second-order valence-corrected chi connectivity index (χ2v) is 11.7. The fraction of sp³-hybridized carbons (Fsp3) is 0.471. The Kier molecular flexibility index (Phi) is 11.6. The highest BCUT2D eigenvalue weighted by molar-refractivity contribution is 5.92. The van der Waals surface area contributed by atoms with Crippen molar-refractivity contribution < 1.29 is 19.1 Å². The van der Waals surface area contributed by atoms with Gasteiger partial charge in [-0.05, 0) is 89.3 Å². The monoisotopic (exact) mass is 574 g/mol. The van der Waals surface area contributed by atoms with E-state index in [0.717, 1.165) is 97.4 Å². The van der Waals surface area contributed by atoms with E-state index in [2.05, 4.69) is 48.0 Å². The molecule has 0 aliphatic carbocycles. The minimum absolute atomic E-state index is 0.188. The third-order valence-corrected chi connectivity index (χ3v) is 7.61. The Bertz CT molecular complexity index is 1340. The number of carbonyl (C=O) groups excluding carboxylic acids is 2. The van der Waals surface area contributed by atoms with E-state index >= 15 is 0 Å². The van der Waals surface area contributed by atoms with Gasteiger partial charge in [0.05, 0.1) is 0 Å². The molecule has 0 saturated carbocycles. The molecule has 0 unspecified atom stereocenters. The Labute approximate surface area is 249 Å². The molecule has 8 nitrogen and oxygen atoms in total. The number of nitrogens with zero attached hydrogens (tertiary/aromatic N) is 2. The van der Waals surface area contributed by atoms with E-state index in [1.165, 1.54) is 0 Å². The fourth-order valence-electron chi connectivity index (χ4n) is 5.29.